The summed E-state index contributed by atoms with van der Waals surface area (Å²) in [6.45, 7) is 1.79. The molecular formula is C19H17F2N3O3S. The number of hydrogen-bond acceptors (Lipinski definition) is 3. The van der Waals surface area contributed by atoms with E-state index < -0.39 is 34.4 Å². The van der Waals surface area contributed by atoms with Crippen molar-refractivity contribution in [2.45, 2.75) is 13.3 Å². The van der Waals surface area contributed by atoms with Crippen LogP contribution in [0, 0.1) is 11.6 Å². The van der Waals surface area contributed by atoms with E-state index in [0.29, 0.717) is 11.9 Å². The highest BCUT2D eigenvalue weighted by atomic mass is 32.2. The van der Waals surface area contributed by atoms with Crippen LogP contribution >= 0.6 is 0 Å². The first-order valence-electron chi connectivity index (χ1n) is 8.45. The van der Waals surface area contributed by atoms with Gasteiger partial charge in [-0.1, -0.05) is 25.1 Å². The summed E-state index contributed by atoms with van der Waals surface area (Å²) in [6, 6.07) is 10.8. The van der Waals surface area contributed by atoms with Crippen molar-refractivity contribution in [2.75, 3.05) is 16.2 Å². The summed E-state index contributed by atoms with van der Waals surface area (Å²) in [5.74, 6) is -3.30. The number of fused-ring (bicyclic) bond motifs is 1. The van der Waals surface area contributed by atoms with Gasteiger partial charge < -0.3 is 5.32 Å². The van der Waals surface area contributed by atoms with Crippen molar-refractivity contribution >= 4 is 39.5 Å². The van der Waals surface area contributed by atoms with Crippen molar-refractivity contribution < 1.29 is 22.3 Å². The van der Waals surface area contributed by atoms with Crippen molar-refractivity contribution in [1.82, 2.24) is 4.98 Å². The molecule has 0 aliphatic carbocycles. The summed E-state index contributed by atoms with van der Waals surface area (Å²) in [5.41, 5.74) is -0.187. The average Bonchev–Trinajstić information content (AvgIpc) is 2.66. The zero-order chi connectivity index (χ0) is 20.3. The van der Waals surface area contributed by atoms with Crippen LogP contribution in [0.1, 0.15) is 23.7 Å². The molecule has 2 aromatic carbocycles. The second kappa shape index (κ2) is 8.41. The van der Waals surface area contributed by atoms with Crippen LogP contribution in [0.5, 0.6) is 0 Å². The lowest BCUT2D eigenvalue weighted by Gasteiger charge is -2.21. The Hall–Kier alpha value is -2.91. The quantitative estimate of drug-likeness (QED) is 0.605. The van der Waals surface area contributed by atoms with Crippen molar-refractivity contribution in [1.29, 1.82) is 0 Å². The highest BCUT2D eigenvalue weighted by Crippen LogP contribution is 2.27. The second-order valence-corrected chi connectivity index (χ2v) is 6.86. The van der Waals surface area contributed by atoms with Crippen molar-refractivity contribution in [3.63, 3.8) is 0 Å². The molecular weight excluding hydrogens is 388 g/mol. The van der Waals surface area contributed by atoms with Crippen molar-refractivity contribution in [2.24, 2.45) is 0 Å². The number of nitrogens with zero attached hydrogens (tertiary/aromatic N) is 2. The number of anilines is 2. The molecule has 0 fully saturated rings. The van der Waals surface area contributed by atoms with E-state index in [4.69, 9.17) is 0 Å². The Balaban J connectivity index is 1.96. The zero-order valence-corrected chi connectivity index (χ0v) is 15.7. The lowest BCUT2D eigenvalue weighted by atomic mass is 10.1. The van der Waals surface area contributed by atoms with Gasteiger partial charge in [0.15, 0.2) is 5.82 Å². The maximum absolute atomic E-state index is 14.9. The van der Waals surface area contributed by atoms with Gasteiger partial charge in [0.2, 0.25) is 0 Å². The molecule has 9 heteroatoms. The molecule has 1 aromatic heterocycles. The predicted octanol–water partition coefficient (Wildman–Crippen LogP) is 4.12. The molecule has 0 saturated carbocycles. The molecule has 0 spiro atoms. The van der Waals surface area contributed by atoms with Crippen LogP contribution in [0.15, 0.2) is 48.7 Å². The number of nitrogens with one attached hydrogen (secondary N) is 1. The monoisotopic (exact) mass is 405 g/mol. The summed E-state index contributed by atoms with van der Waals surface area (Å²) < 4.78 is 50.8. The van der Waals surface area contributed by atoms with Gasteiger partial charge in [-0.3, -0.25) is 18.6 Å². The Morgan fingerprint density at radius 2 is 2.00 bits per heavy atom. The molecule has 3 aromatic rings. The van der Waals surface area contributed by atoms with Gasteiger partial charge in [-0.05, 0) is 30.7 Å². The molecule has 3 rings (SSSR count). The number of para-hydroxylation sites is 1. The van der Waals surface area contributed by atoms with Crippen LogP contribution in [0.4, 0.5) is 20.2 Å². The van der Waals surface area contributed by atoms with Gasteiger partial charge in [-0.15, -0.1) is 0 Å². The maximum atomic E-state index is 14.9. The fourth-order valence-corrected chi connectivity index (χ4v) is 3.41. The fraction of sp³-hybridized carbons (Fsp3) is 0.158. The zero-order valence-electron chi connectivity index (χ0n) is 14.9. The maximum Gasteiger partial charge on any atom is 0.261 e. The molecule has 1 atom stereocenters. The van der Waals surface area contributed by atoms with Crippen LogP contribution in [-0.2, 0) is 11.3 Å². The molecule has 1 amide bonds. The molecule has 1 heterocycles. The Kier molecular flexibility index (Phi) is 5.96. The lowest BCUT2D eigenvalue weighted by molar-refractivity contribution is 0.101. The predicted molar refractivity (Wildman–Crippen MR) is 104 cm³/mol. The number of hydrogen-bond donors (Lipinski definition) is 2. The molecule has 0 saturated heterocycles. The number of carbonyl (C=O) groups is 1. The first kappa shape index (κ1) is 19.8. The van der Waals surface area contributed by atoms with Gasteiger partial charge in [0, 0.05) is 11.9 Å². The van der Waals surface area contributed by atoms with Crippen molar-refractivity contribution in [3.05, 3.63) is 65.9 Å². The Bertz CT molecular complexity index is 1060. The van der Waals surface area contributed by atoms with E-state index in [0.717, 1.165) is 21.8 Å². The lowest BCUT2D eigenvalue weighted by Crippen LogP contribution is -2.28. The van der Waals surface area contributed by atoms with E-state index in [1.165, 1.54) is 6.20 Å². The SMILES string of the molecule is CCCN(c1ccc(F)c(C(=O)Nc2cnc3ccccc3c2)c1F)S(=O)O. The van der Waals surface area contributed by atoms with Gasteiger partial charge in [0.1, 0.15) is 11.4 Å². The minimum Gasteiger partial charge on any atom is -0.320 e. The standard InChI is InChI=1S/C19H17F2N3O3S/c1-2-9-24(28(26)27)16-8-7-14(20)17(18(16)21)19(25)23-13-10-12-5-3-4-6-15(12)22-11-13/h3-8,10-11H,2,9H2,1H3,(H,23,25)(H,26,27). The number of amides is 1. The first-order chi connectivity index (χ1) is 13.4. The van der Waals surface area contributed by atoms with Crippen LogP contribution in [0.2, 0.25) is 0 Å². The van der Waals surface area contributed by atoms with Gasteiger partial charge in [-0.2, -0.15) is 0 Å². The van der Waals surface area contributed by atoms with E-state index in [1.807, 2.05) is 6.07 Å². The van der Waals surface area contributed by atoms with E-state index >= 15 is 0 Å². The summed E-state index contributed by atoms with van der Waals surface area (Å²) in [5, 5.41) is 3.17. The Morgan fingerprint density at radius 1 is 1.25 bits per heavy atom. The average molecular weight is 405 g/mol. The number of rotatable bonds is 6. The second-order valence-electron chi connectivity index (χ2n) is 5.96. The van der Waals surface area contributed by atoms with Crippen molar-refractivity contribution in [3.8, 4) is 0 Å². The van der Waals surface area contributed by atoms with Gasteiger partial charge >= 0.3 is 0 Å². The van der Waals surface area contributed by atoms with E-state index in [2.05, 4.69) is 10.3 Å². The highest BCUT2D eigenvalue weighted by molar-refractivity contribution is 7.80. The van der Waals surface area contributed by atoms with Gasteiger partial charge in [0.05, 0.1) is 23.1 Å². The van der Waals surface area contributed by atoms with Gasteiger partial charge in [-0.25, -0.2) is 13.0 Å². The van der Waals surface area contributed by atoms with E-state index in [1.54, 1.807) is 31.2 Å². The third-order valence-electron chi connectivity index (χ3n) is 4.03. The summed E-state index contributed by atoms with van der Waals surface area (Å²) in [7, 11) is 0. The van der Waals surface area contributed by atoms with E-state index in [9.17, 15) is 22.3 Å². The minimum atomic E-state index is -2.52. The first-order valence-corrected chi connectivity index (χ1v) is 9.51. The summed E-state index contributed by atoms with van der Waals surface area (Å²) in [6.07, 6.45) is 1.83. The molecule has 0 aliphatic rings. The molecule has 1 unspecified atom stereocenters. The van der Waals surface area contributed by atoms with Gasteiger partial charge in [0.25, 0.3) is 17.2 Å². The van der Waals surface area contributed by atoms with Crippen LogP contribution in [0.3, 0.4) is 0 Å². The number of aromatic nitrogens is 1. The normalized spacial score (nSPS) is 12.0. The molecule has 2 N–H and O–H groups in total. The molecule has 0 radical (unpaired) electrons. The van der Waals surface area contributed by atoms with E-state index in [-0.39, 0.29) is 17.9 Å². The molecule has 146 valence electrons. The Labute approximate surface area is 162 Å². The number of carbonyl (C=O) groups excluding carboxylic acids is 1. The third kappa shape index (κ3) is 4.00. The molecule has 0 bridgehead atoms. The smallest absolute Gasteiger partial charge is 0.261 e. The largest absolute Gasteiger partial charge is 0.320 e. The van der Waals surface area contributed by atoms with Crippen LogP contribution in [-0.4, -0.2) is 26.2 Å². The third-order valence-corrected chi connectivity index (χ3v) is 4.79. The molecule has 28 heavy (non-hydrogen) atoms. The number of benzene rings is 2. The summed E-state index contributed by atoms with van der Waals surface area (Å²) >= 11 is -2.52. The topological polar surface area (TPSA) is 82.5 Å². The number of pyridine rings is 1. The Morgan fingerprint density at radius 3 is 2.71 bits per heavy atom. The highest BCUT2D eigenvalue weighted by Gasteiger charge is 2.25. The molecule has 0 aliphatic heterocycles. The molecule has 6 nitrogen and oxygen atoms in total. The van der Waals surface area contributed by atoms with Crippen LogP contribution < -0.4 is 9.62 Å². The summed E-state index contributed by atoms with van der Waals surface area (Å²) in [4.78, 5) is 16.7. The number of halogens is 2. The fourth-order valence-electron chi connectivity index (χ4n) is 2.76. The van der Waals surface area contributed by atoms with Crippen LogP contribution in [0.25, 0.3) is 10.9 Å². The minimum absolute atomic E-state index is 0.0569.